The summed E-state index contributed by atoms with van der Waals surface area (Å²) >= 11 is 0. The average Bonchev–Trinajstić information content (AvgIpc) is 2.91. The SMILES string of the molecule is COC(=O)c1ccc(CN2CCC3CCCCC32)cc1. The number of ether oxygens (including phenoxy) is 1. The maximum absolute atomic E-state index is 11.4. The minimum Gasteiger partial charge on any atom is -0.465 e. The molecule has 0 bridgehead atoms. The molecular formula is C17H23NO2. The molecule has 1 aromatic carbocycles. The van der Waals surface area contributed by atoms with Gasteiger partial charge in [-0.05, 0) is 49.4 Å². The van der Waals surface area contributed by atoms with E-state index >= 15 is 0 Å². The molecule has 0 N–H and O–H groups in total. The van der Waals surface area contributed by atoms with Crippen molar-refractivity contribution in [2.75, 3.05) is 13.7 Å². The van der Waals surface area contributed by atoms with Gasteiger partial charge in [-0.15, -0.1) is 0 Å². The number of fused-ring (bicyclic) bond motifs is 1. The largest absolute Gasteiger partial charge is 0.465 e. The predicted molar refractivity (Wildman–Crippen MR) is 78.6 cm³/mol. The lowest BCUT2D eigenvalue weighted by atomic mass is 9.85. The second-order valence-electron chi connectivity index (χ2n) is 6.06. The second-order valence-corrected chi connectivity index (χ2v) is 6.06. The molecule has 0 radical (unpaired) electrons. The Morgan fingerprint density at radius 1 is 1.20 bits per heavy atom. The first kappa shape index (κ1) is 13.6. The number of likely N-dealkylation sites (tertiary alicyclic amines) is 1. The van der Waals surface area contributed by atoms with Crippen molar-refractivity contribution in [3.05, 3.63) is 35.4 Å². The third kappa shape index (κ3) is 2.73. The Morgan fingerprint density at radius 3 is 2.70 bits per heavy atom. The van der Waals surface area contributed by atoms with Crippen molar-refractivity contribution in [2.24, 2.45) is 5.92 Å². The smallest absolute Gasteiger partial charge is 0.337 e. The zero-order chi connectivity index (χ0) is 13.9. The van der Waals surface area contributed by atoms with E-state index in [1.807, 2.05) is 12.1 Å². The van der Waals surface area contributed by atoms with Crippen LogP contribution in [0.4, 0.5) is 0 Å². The molecule has 3 heteroatoms. The number of hydrogen-bond acceptors (Lipinski definition) is 3. The summed E-state index contributed by atoms with van der Waals surface area (Å²) in [5.41, 5.74) is 1.93. The number of hydrogen-bond donors (Lipinski definition) is 0. The fourth-order valence-electron chi connectivity index (χ4n) is 3.80. The van der Waals surface area contributed by atoms with Crippen molar-refractivity contribution in [1.29, 1.82) is 0 Å². The maximum atomic E-state index is 11.4. The highest BCUT2D eigenvalue weighted by atomic mass is 16.5. The van der Waals surface area contributed by atoms with Gasteiger partial charge in [-0.2, -0.15) is 0 Å². The molecule has 3 nitrogen and oxygen atoms in total. The summed E-state index contributed by atoms with van der Waals surface area (Å²) in [5.74, 6) is 0.670. The Kier molecular flexibility index (Phi) is 4.06. The first-order valence-electron chi connectivity index (χ1n) is 7.69. The summed E-state index contributed by atoms with van der Waals surface area (Å²) in [7, 11) is 1.42. The average molecular weight is 273 g/mol. The Balaban J connectivity index is 1.64. The minimum atomic E-state index is -0.259. The van der Waals surface area contributed by atoms with E-state index in [0.717, 1.165) is 18.5 Å². The highest BCUT2D eigenvalue weighted by Gasteiger charge is 2.35. The van der Waals surface area contributed by atoms with E-state index in [4.69, 9.17) is 4.74 Å². The van der Waals surface area contributed by atoms with Gasteiger partial charge in [0.2, 0.25) is 0 Å². The van der Waals surface area contributed by atoms with Gasteiger partial charge in [-0.25, -0.2) is 4.79 Å². The van der Waals surface area contributed by atoms with Crippen LogP contribution in [0.2, 0.25) is 0 Å². The molecule has 0 aromatic heterocycles. The number of rotatable bonds is 3. The number of nitrogens with zero attached hydrogens (tertiary/aromatic N) is 1. The number of methoxy groups -OCH3 is 1. The molecule has 2 fully saturated rings. The number of carbonyl (C=O) groups excluding carboxylic acids is 1. The molecule has 2 unspecified atom stereocenters. The molecule has 1 saturated heterocycles. The van der Waals surface area contributed by atoms with Crippen LogP contribution in [0.1, 0.15) is 48.0 Å². The molecular weight excluding hydrogens is 250 g/mol. The van der Waals surface area contributed by atoms with E-state index in [2.05, 4.69) is 17.0 Å². The van der Waals surface area contributed by atoms with Crippen LogP contribution >= 0.6 is 0 Å². The highest BCUT2D eigenvalue weighted by molar-refractivity contribution is 5.89. The zero-order valence-corrected chi connectivity index (χ0v) is 12.2. The molecule has 108 valence electrons. The Hall–Kier alpha value is -1.35. The third-order valence-corrected chi connectivity index (χ3v) is 4.89. The van der Waals surface area contributed by atoms with Crippen molar-refractivity contribution in [3.8, 4) is 0 Å². The number of esters is 1. The van der Waals surface area contributed by atoms with E-state index in [0.29, 0.717) is 5.56 Å². The monoisotopic (exact) mass is 273 g/mol. The van der Waals surface area contributed by atoms with E-state index < -0.39 is 0 Å². The predicted octanol–water partition coefficient (Wildman–Crippen LogP) is 3.24. The Bertz CT molecular complexity index is 468. The number of carbonyl (C=O) groups is 1. The first-order chi connectivity index (χ1) is 9.78. The second kappa shape index (κ2) is 5.96. The number of benzene rings is 1. The molecule has 0 amide bonds. The van der Waals surface area contributed by atoms with E-state index in [1.54, 1.807) is 0 Å². The van der Waals surface area contributed by atoms with E-state index in [9.17, 15) is 4.79 Å². The first-order valence-corrected chi connectivity index (χ1v) is 7.69. The molecule has 0 spiro atoms. The molecule has 20 heavy (non-hydrogen) atoms. The van der Waals surface area contributed by atoms with Crippen molar-refractivity contribution in [1.82, 2.24) is 4.90 Å². The van der Waals surface area contributed by atoms with Gasteiger partial charge in [0.15, 0.2) is 0 Å². The van der Waals surface area contributed by atoms with Gasteiger partial charge < -0.3 is 4.74 Å². The topological polar surface area (TPSA) is 29.5 Å². The van der Waals surface area contributed by atoms with Crippen molar-refractivity contribution < 1.29 is 9.53 Å². The molecule has 2 atom stereocenters. The van der Waals surface area contributed by atoms with E-state index in [1.165, 1.54) is 51.3 Å². The van der Waals surface area contributed by atoms with Crippen LogP contribution in [0, 0.1) is 5.92 Å². The fraction of sp³-hybridized carbons (Fsp3) is 0.588. The third-order valence-electron chi connectivity index (χ3n) is 4.89. The standard InChI is InChI=1S/C17H23NO2/c1-20-17(19)15-8-6-13(7-9-15)12-18-11-10-14-4-2-3-5-16(14)18/h6-9,14,16H,2-5,10-12H2,1H3. The molecule has 3 rings (SSSR count). The van der Waals surface area contributed by atoms with Crippen molar-refractivity contribution >= 4 is 5.97 Å². The summed E-state index contributed by atoms with van der Waals surface area (Å²) in [5, 5.41) is 0. The fourth-order valence-corrected chi connectivity index (χ4v) is 3.80. The van der Waals surface area contributed by atoms with Crippen LogP contribution < -0.4 is 0 Å². The van der Waals surface area contributed by atoms with Gasteiger partial charge in [0.05, 0.1) is 12.7 Å². The van der Waals surface area contributed by atoms with Gasteiger partial charge in [0.25, 0.3) is 0 Å². The maximum Gasteiger partial charge on any atom is 0.337 e. The molecule has 1 aliphatic heterocycles. The van der Waals surface area contributed by atoms with Crippen LogP contribution in [-0.4, -0.2) is 30.6 Å². The summed E-state index contributed by atoms with van der Waals surface area (Å²) in [4.78, 5) is 14.1. The van der Waals surface area contributed by atoms with Crippen LogP contribution in [-0.2, 0) is 11.3 Å². The summed E-state index contributed by atoms with van der Waals surface area (Å²) < 4.78 is 4.73. The quantitative estimate of drug-likeness (QED) is 0.792. The van der Waals surface area contributed by atoms with Crippen molar-refractivity contribution in [2.45, 2.75) is 44.7 Å². The summed E-state index contributed by atoms with van der Waals surface area (Å²) in [6.07, 6.45) is 6.96. The lowest BCUT2D eigenvalue weighted by Gasteiger charge is -2.31. The van der Waals surface area contributed by atoms with Gasteiger partial charge in [-0.1, -0.05) is 25.0 Å². The zero-order valence-electron chi connectivity index (χ0n) is 12.2. The minimum absolute atomic E-state index is 0.259. The lowest BCUT2D eigenvalue weighted by molar-refractivity contribution is 0.0600. The summed E-state index contributed by atoms with van der Waals surface area (Å²) in [6, 6.07) is 8.65. The highest BCUT2D eigenvalue weighted by Crippen LogP contribution is 2.36. The summed E-state index contributed by atoms with van der Waals surface area (Å²) in [6.45, 7) is 2.25. The molecule has 1 saturated carbocycles. The van der Waals surface area contributed by atoms with Gasteiger partial charge in [0, 0.05) is 12.6 Å². The Labute approximate surface area is 120 Å². The Morgan fingerprint density at radius 2 is 1.95 bits per heavy atom. The van der Waals surface area contributed by atoms with Crippen LogP contribution in [0.25, 0.3) is 0 Å². The lowest BCUT2D eigenvalue weighted by Crippen LogP contribution is -2.34. The van der Waals surface area contributed by atoms with Gasteiger partial charge in [0.1, 0.15) is 0 Å². The van der Waals surface area contributed by atoms with Crippen LogP contribution in [0.15, 0.2) is 24.3 Å². The molecule has 1 aromatic rings. The van der Waals surface area contributed by atoms with Crippen LogP contribution in [0.3, 0.4) is 0 Å². The molecule has 1 aliphatic carbocycles. The van der Waals surface area contributed by atoms with Gasteiger partial charge >= 0.3 is 5.97 Å². The van der Waals surface area contributed by atoms with Gasteiger partial charge in [-0.3, -0.25) is 4.90 Å². The molecule has 2 aliphatic rings. The molecule has 1 heterocycles. The normalized spacial score (nSPS) is 26.2. The van der Waals surface area contributed by atoms with Crippen molar-refractivity contribution in [3.63, 3.8) is 0 Å². The van der Waals surface area contributed by atoms with Crippen LogP contribution in [0.5, 0.6) is 0 Å². The van der Waals surface area contributed by atoms with E-state index in [-0.39, 0.29) is 5.97 Å².